The lowest BCUT2D eigenvalue weighted by atomic mass is 10.2. The Morgan fingerprint density at radius 2 is 2.21 bits per heavy atom. The van der Waals surface area contributed by atoms with Crippen LogP contribution in [0.3, 0.4) is 0 Å². The van der Waals surface area contributed by atoms with E-state index in [2.05, 4.69) is 25.2 Å². The molecule has 1 N–H and O–H groups in total. The van der Waals surface area contributed by atoms with Crippen LogP contribution in [-0.4, -0.2) is 33.8 Å². The van der Waals surface area contributed by atoms with E-state index in [0.717, 1.165) is 12.3 Å². The summed E-state index contributed by atoms with van der Waals surface area (Å²) in [5, 5.41) is 5.96. The molecule has 1 amide bonds. The van der Waals surface area contributed by atoms with Crippen molar-refractivity contribution in [2.24, 2.45) is 0 Å². The third kappa shape index (κ3) is 4.82. The van der Waals surface area contributed by atoms with Crippen LogP contribution in [0.25, 0.3) is 0 Å². The summed E-state index contributed by atoms with van der Waals surface area (Å²) in [6.07, 6.45) is -3.46. The molecule has 0 aliphatic carbocycles. The first-order valence-electron chi connectivity index (χ1n) is 6.62. The Hall–Kier alpha value is -2.36. The zero-order valence-corrected chi connectivity index (χ0v) is 13.3. The number of alkyl halides is 3. The number of halogens is 4. The molecule has 0 aromatic carbocycles. The van der Waals surface area contributed by atoms with Gasteiger partial charge in [-0.1, -0.05) is 16.8 Å². The number of carbonyl (C=O) groups excluding carboxylic acids is 1. The highest BCUT2D eigenvalue weighted by Crippen LogP contribution is 2.25. The minimum atomic E-state index is -4.52. The largest absolute Gasteiger partial charge is 0.467 e. The molecule has 0 spiro atoms. The second-order valence-corrected chi connectivity index (χ2v) is 5.20. The standard InChI is InChI=1S/C13H12ClF3N4O3/c1-6(11-20-7(2)21-24-11)19-10(22)8-3-9(14)12(18-4-8)23-5-13(15,16)17/h3-4,6H,5H2,1-2H3,(H,19,22). The third-order valence-corrected chi connectivity index (χ3v) is 2.97. The van der Waals surface area contributed by atoms with Crippen LogP contribution in [0.15, 0.2) is 16.8 Å². The second-order valence-electron chi connectivity index (χ2n) is 4.79. The molecule has 2 aromatic heterocycles. The maximum absolute atomic E-state index is 12.1. The van der Waals surface area contributed by atoms with E-state index in [4.69, 9.17) is 16.1 Å². The van der Waals surface area contributed by atoms with Gasteiger partial charge in [0.2, 0.25) is 11.8 Å². The van der Waals surface area contributed by atoms with Gasteiger partial charge in [-0.25, -0.2) is 4.98 Å². The first-order valence-corrected chi connectivity index (χ1v) is 6.99. The van der Waals surface area contributed by atoms with Gasteiger partial charge >= 0.3 is 6.18 Å². The minimum absolute atomic E-state index is 0.0439. The molecule has 2 rings (SSSR count). The van der Waals surface area contributed by atoms with E-state index >= 15 is 0 Å². The van der Waals surface area contributed by atoms with Crippen LogP contribution in [0.1, 0.15) is 35.0 Å². The molecule has 24 heavy (non-hydrogen) atoms. The van der Waals surface area contributed by atoms with E-state index in [-0.39, 0.29) is 16.5 Å². The summed E-state index contributed by atoms with van der Waals surface area (Å²) in [4.78, 5) is 19.7. The van der Waals surface area contributed by atoms with Crippen LogP contribution in [0.2, 0.25) is 5.02 Å². The van der Waals surface area contributed by atoms with Gasteiger partial charge in [-0.05, 0) is 19.9 Å². The predicted molar refractivity (Wildman–Crippen MR) is 75.7 cm³/mol. The molecule has 1 unspecified atom stereocenters. The molecular formula is C13H12ClF3N4O3. The number of nitrogens with zero attached hydrogens (tertiary/aromatic N) is 3. The lowest BCUT2D eigenvalue weighted by Gasteiger charge is -2.12. The van der Waals surface area contributed by atoms with E-state index < -0.39 is 30.6 Å². The molecule has 0 saturated carbocycles. The topological polar surface area (TPSA) is 90.1 Å². The molecule has 2 aromatic rings. The SMILES string of the molecule is Cc1noc(C(C)NC(=O)c2cnc(OCC(F)(F)F)c(Cl)c2)n1. The number of hydrogen-bond donors (Lipinski definition) is 1. The average Bonchev–Trinajstić information content (AvgIpc) is 2.91. The molecule has 7 nitrogen and oxygen atoms in total. The minimum Gasteiger partial charge on any atom is -0.467 e. The number of pyridine rings is 1. The van der Waals surface area contributed by atoms with Gasteiger partial charge in [0.15, 0.2) is 12.4 Å². The highest BCUT2D eigenvalue weighted by molar-refractivity contribution is 6.32. The number of aromatic nitrogens is 3. The first kappa shape index (κ1) is 18.0. The summed E-state index contributed by atoms with van der Waals surface area (Å²) >= 11 is 5.78. The quantitative estimate of drug-likeness (QED) is 0.877. The first-order chi connectivity index (χ1) is 11.2. The van der Waals surface area contributed by atoms with Gasteiger partial charge in [0.1, 0.15) is 11.1 Å². The van der Waals surface area contributed by atoms with Crippen LogP contribution in [0.4, 0.5) is 13.2 Å². The summed E-state index contributed by atoms with van der Waals surface area (Å²) in [6, 6.07) is 0.583. The predicted octanol–water partition coefficient (Wildman–Crippen LogP) is 2.86. The summed E-state index contributed by atoms with van der Waals surface area (Å²) in [7, 11) is 0. The average molecular weight is 365 g/mol. The Kier molecular flexibility index (Phi) is 5.27. The van der Waals surface area contributed by atoms with Gasteiger partial charge in [0, 0.05) is 6.20 Å². The molecule has 0 saturated heterocycles. The molecular weight excluding hydrogens is 353 g/mol. The van der Waals surface area contributed by atoms with Crippen LogP contribution in [0, 0.1) is 6.92 Å². The number of aryl methyl sites for hydroxylation is 1. The highest BCUT2D eigenvalue weighted by atomic mass is 35.5. The van der Waals surface area contributed by atoms with Gasteiger partial charge in [-0.2, -0.15) is 18.2 Å². The van der Waals surface area contributed by atoms with Gasteiger partial charge in [0.25, 0.3) is 5.91 Å². The smallest absolute Gasteiger partial charge is 0.422 e. The third-order valence-electron chi connectivity index (χ3n) is 2.70. The zero-order chi connectivity index (χ0) is 17.9. The molecule has 0 aliphatic rings. The fraction of sp³-hybridized carbons (Fsp3) is 0.385. The maximum atomic E-state index is 12.1. The van der Waals surface area contributed by atoms with Crippen molar-refractivity contribution in [2.75, 3.05) is 6.61 Å². The maximum Gasteiger partial charge on any atom is 0.422 e. The lowest BCUT2D eigenvalue weighted by Crippen LogP contribution is -2.27. The van der Waals surface area contributed by atoms with E-state index in [1.54, 1.807) is 13.8 Å². The number of rotatable bonds is 5. The zero-order valence-electron chi connectivity index (χ0n) is 12.5. The molecule has 0 bridgehead atoms. The van der Waals surface area contributed by atoms with E-state index in [1.807, 2.05) is 0 Å². The number of hydrogen-bond acceptors (Lipinski definition) is 6. The van der Waals surface area contributed by atoms with Crippen molar-refractivity contribution in [3.8, 4) is 5.88 Å². The van der Waals surface area contributed by atoms with Crippen molar-refractivity contribution in [3.05, 3.63) is 34.6 Å². The Balaban J connectivity index is 2.03. The van der Waals surface area contributed by atoms with Gasteiger partial charge in [-0.15, -0.1) is 0 Å². The summed E-state index contributed by atoms with van der Waals surface area (Å²) < 4.78 is 45.7. The van der Waals surface area contributed by atoms with Crippen molar-refractivity contribution in [3.63, 3.8) is 0 Å². The van der Waals surface area contributed by atoms with Crippen molar-refractivity contribution in [1.82, 2.24) is 20.4 Å². The van der Waals surface area contributed by atoms with Crippen LogP contribution in [0.5, 0.6) is 5.88 Å². The van der Waals surface area contributed by atoms with Gasteiger partial charge in [-0.3, -0.25) is 4.79 Å². The Morgan fingerprint density at radius 1 is 1.50 bits per heavy atom. The lowest BCUT2D eigenvalue weighted by molar-refractivity contribution is -0.154. The fourth-order valence-electron chi connectivity index (χ4n) is 1.64. The normalized spacial score (nSPS) is 12.8. The second kappa shape index (κ2) is 7.04. The molecule has 0 fully saturated rings. The fourth-order valence-corrected chi connectivity index (χ4v) is 1.86. The summed E-state index contributed by atoms with van der Waals surface area (Å²) in [5.41, 5.74) is 0.0439. The molecule has 2 heterocycles. The molecule has 11 heteroatoms. The van der Waals surface area contributed by atoms with Crippen molar-refractivity contribution < 1.29 is 27.2 Å². The summed E-state index contributed by atoms with van der Waals surface area (Å²) in [6.45, 7) is 1.73. The molecule has 1 atom stereocenters. The Morgan fingerprint density at radius 3 is 2.75 bits per heavy atom. The van der Waals surface area contributed by atoms with Gasteiger partial charge in [0.05, 0.1) is 5.56 Å². The number of carbonyl (C=O) groups is 1. The monoisotopic (exact) mass is 364 g/mol. The van der Waals surface area contributed by atoms with E-state index in [9.17, 15) is 18.0 Å². The van der Waals surface area contributed by atoms with Crippen LogP contribution >= 0.6 is 11.6 Å². The number of amides is 1. The van der Waals surface area contributed by atoms with Crippen LogP contribution in [-0.2, 0) is 0 Å². The van der Waals surface area contributed by atoms with Crippen LogP contribution < -0.4 is 10.1 Å². The Bertz CT molecular complexity index is 735. The molecule has 0 radical (unpaired) electrons. The molecule has 0 aliphatic heterocycles. The van der Waals surface area contributed by atoms with Gasteiger partial charge < -0.3 is 14.6 Å². The Labute approximate surface area is 139 Å². The van der Waals surface area contributed by atoms with Crippen molar-refractivity contribution >= 4 is 17.5 Å². The van der Waals surface area contributed by atoms with Crippen molar-refractivity contribution in [1.29, 1.82) is 0 Å². The number of ether oxygens (including phenoxy) is 1. The van der Waals surface area contributed by atoms with E-state index in [0.29, 0.717) is 5.82 Å². The molecule has 130 valence electrons. The van der Waals surface area contributed by atoms with E-state index in [1.165, 1.54) is 0 Å². The summed E-state index contributed by atoms with van der Waals surface area (Å²) in [5.74, 6) is -0.340. The number of nitrogens with one attached hydrogen (secondary N) is 1. The van der Waals surface area contributed by atoms with Crippen molar-refractivity contribution in [2.45, 2.75) is 26.1 Å². The highest BCUT2D eigenvalue weighted by Gasteiger charge is 2.29.